The third-order valence-corrected chi connectivity index (χ3v) is 6.46. The highest BCUT2D eigenvalue weighted by Gasteiger charge is 2.38. The predicted molar refractivity (Wildman–Crippen MR) is 157 cm³/mol. The molecule has 4 heterocycles. The van der Waals surface area contributed by atoms with E-state index in [4.69, 9.17) is 25.2 Å². The number of pyridine rings is 1. The van der Waals surface area contributed by atoms with Crippen molar-refractivity contribution in [3.05, 3.63) is 54.7 Å². The van der Waals surface area contributed by atoms with E-state index >= 15 is 0 Å². The van der Waals surface area contributed by atoms with Crippen LogP contribution >= 0.6 is 0 Å². The van der Waals surface area contributed by atoms with Crippen LogP contribution in [0.2, 0.25) is 0 Å². The van der Waals surface area contributed by atoms with Crippen molar-refractivity contribution in [3.63, 3.8) is 0 Å². The average Bonchev–Trinajstić information content (AvgIpc) is 3.41. The lowest BCUT2D eigenvalue weighted by Gasteiger charge is -2.30. The fraction of sp³-hybridized carbons (Fsp3) is 0.345. The monoisotopic (exact) mass is 672 g/mol. The quantitative estimate of drug-likeness (QED) is 0.169. The lowest BCUT2D eigenvalue weighted by atomic mass is 9.99. The van der Waals surface area contributed by atoms with Crippen LogP contribution in [0.15, 0.2) is 53.3 Å². The topological polar surface area (TPSA) is 188 Å². The van der Waals surface area contributed by atoms with Gasteiger partial charge in [0.05, 0.1) is 11.5 Å². The minimum absolute atomic E-state index is 0.299. The summed E-state index contributed by atoms with van der Waals surface area (Å²) in [5, 5.41) is 28.5. The van der Waals surface area contributed by atoms with Crippen molar-refractivity contribution in [1.82, 2.24) is 15.0 Å². The zero-order valence-electron chi connectivity index (χ0n) is 24.6. The second kappa shape index (κ2) is 15.5. The van der Waals surface area contributed by atoms with Crippen LogP contribution in [0, 0.1) is 5.82 Å². The van der Waals surface area contributed by atoms with E-state index in [9.17, 15) is 36.2 Å². The zero-order chi connectivity index (χ0) is 34.9. The van der Waals surface area contributed by atoms with E-state index < -0.39 is 24.0 Å². The first-order valence-corrected chi connectivity index (χ1v) is 13.8. The third-order valence-electron chi connectivity index (χ3n) is 6.46. The van der Waals surface area contributed by atoms with Crippen molar-refractivity contribution >= 4 is 34.7 Å². The lowest BCUT2D eigenvalue weighted by Crippen LogP contribution is -2.36. The number of rotatable bonds is 7. The van der Waals surface area contributed by atoms with E-state index in [1.807, 2.05) is 12.1 Å². The number of carbonyl (C=O) groups is 2. The molecular weight excluding hydrogens is 642 g/mol. The number of benzene rings is 1. The number of carboxylic acid groups (broad SMARTS) is 2. The van der Waals surface area contributed by atoms with Gasteiger partial charge in [-0.05, 0) is 42.7 Å². The molecule has 0 bridgehead atoms. The number of halogens is 6. The molecule has 12 nitrogen and oxygen atoms in total. The molecule has 0 radical (unpaired) electrons. The van der Waals surface area contributed by atoms with E-state index in [0.29, 0.717) is 57.4 Å². The number of alkyl halides is 5. The zero-order valence-corrected chi connectivity index (χ0v) is 24.6. The molecule has 4 aromatic rings. The van der Waals surface area contributed by atoms with Crippen molar-refractivity contribution in [1.29, 1.82) is 0 Å². The molecule has 1 aromatic carbocycles. The summed E-state index contributed by atoms with van der Waals surface area (Å²) >= 11 is 0. The summed E-state index contributed by atoms with van der Waals surface area (Å²) in [5.74, 6) is -6.69. The fourth-order valence-electron chi connectivity index (χ4n) is 4.16. The average molecular weight is 673 g/mol. The van der Waals surface area contributed by atoms with Crippen LogP contribution in [0.25, 0.3) is 33.6 Å². The molecule has 47 heavy (non-hydrogen) atoms. The van der Waals surface area contributed by atoms with Crippen molar-refractivity contribution in [2.24, 2.45) is 5.73 Å². The molecule has 1 aliphatic rings. The molecule has 5 rings (SSSR count). The summed E-state index contributed by atoms with van der Waals surface area (Å²) in [6.07, 6.45) is -0.823. The van der Waals surface area contributed by atoms with E-state index in [1.54, 1.807) is 18.3 Å². The number of hydrogen-bond acceptors (Lipinski definition) is 10. The van der Waals surface area contributed by atoms with Gasteiger partial charge in [0, 0.05) is 50.4 Å². The highest BCUT2D eigenvalue weighted by Crippen LogP contribution is 2.43. The predicted octanol–water partition coefficient (Wildman–Crippen LogP) is 4.78. The van der Waals surface area contributed by atoms with Crippen LogP contribution < -0.4 is 16.0 Å². The Balaban J connectivity index is 0.000000360. The first-order chi connectivity index (χ1) is 22.0. The molecule has 1 fully saturated rings. The Labute approximate surface area is 262 Å². The summed E-state index contributed by atoms with van der Waals surface area (Å²) < 4.78 is 74.2. The number of carboxylic acids is 2. The first-order valence-electron chi connectivity index (χ1n) is 13.8. The minimum atomic E-state index is -5.08. The molecule has 0 atom stereocenters. The normalized spacial score (nSPS) is 13.7. The molecule has 3 aromatic heterocycles. The van der Waals surface area contributed by atoms with E-state index in [1.165, 1.54) is 18.5 Å². The number of furan rings is 1. The number of aromatic nitrogens is 3. The number of nitrogens with zero attached hydrogens (tertiary/aromatic N) is 4. The van der Waals surface area contributed by atoms with Crippen molar-refractivity contribution in [2.75, 3.05) is 36.4 Å². The SMILES string of the molecule is CC(F)(F)C(=O)O.NCCNc1ccc(-c2oc3ncnc(N4CCC(O)CC4)c3c2-c2ccc(F)cc2)cn1.O=C(O)C(F)(F)F. The molecule has 18 heteroatoms. The molecule has 254 valence electrons. The second-order valence-electron chi connectivity index (χ2n) is 10.1. The fourth-order valence-corrected chi connectivity index (χ4v) is 4.16. The van der Waals surface area contributed by atoms with Gasteiger partial charge in [0.1, 0.15) is 29.5 Å². The van der Waals surface area contributed by atoms with Crippen molar-refractivity contribution in [3.8, 4) is 22.5 Å². The summed E-state index contributed by atoms with van der Waals surface area (Å²) in [4.78, 5) is 33.7. The van der Waals surface area contributed by atoms with Crippen LogP contribution in [-0.4, -0.2) is 86.6 Å². The Morgan fingerprint density at radius 3 is 2.04 bits per heavy atom. The number of hydrogen-bond donors (Lipinski definition) is 5. The van der Waals surface area contributed by atoms with Gasteiger partial charge < -0.3 is 35.7 Å². The molecule has 0 aliphatic carbocycles. The van der Waals surface area contributed by atoms with Crippen molar-refractivity contribution in [2.45, 2.75) is 38.0 Å². The Hall–Kier alpha value is -4.97. The first kappa shape index (κ1) is 36.5. The number of nitrogens with one attached hydrogen (secondary N) is 1. The van der Waals surface area contributed by atoms with Gasteiger partial charge in [0.2, 0.25) is 5.71 Å². The Morgan fingerprint density at radius 2 is 1.55 bits per heavy atom. The van der Waals surface area contributed by atoms with Crippen molar-refractivity contribution < 1.29 is 55.7 Å². The number of aliphatic carboxylic acids is 2. The van der Waals surface area contributed by atoms with Gasteiger partial charge in [-0.3, -0.25) is 0 Å². The maximum atomic E-state index is 13.7. The molecule has 6 N–H and O–H groups in total. The molecule has 1 aliphatic heterocycles. The number of piperidine rings is 1. The summed E-state index contributed by atoms with van der Waals surface area (Å²) in [6.45, 7) is 2.83. The number of aliphatic hydroxyl groups is 1. The third kappa shape index (κ3) is 10.0. The number of fused-ring (bicyclic) bond motifs is 1. The molecule has 0 saturated carbocycles. The summed E-state index contributed by atoms with van der Waals surface area (Å²) in [7, 11) is 0. The second-order valence-corrected chi connectivity index (χ2v) is 10.1. The maximum absolute atomic E-state index is 13.7. The van der Waals surface area contributed by atoms with Crippen LogP contribution in [0.3, 0.4) is 0 Å². The Morgan fingerprint density at radius 1 is 0.979 bits per heavy atom. The van der Waals surface area contributed by atoms with E-state index in [0.717, 1.165) is 33.7 Å². The van der Waals surface area contributed by atoms with Gasteiger partial charge in [0.25, 0.3) is 0 Å². The highest BCUT2D eigenvalue weighted by atomic mass is 19.4. The molecule has 1 saturated heterocycles. The molecule has 0 spiro atoms. The van der Waals surface area contributed by atoms with Crippen LogP contribution in [0.5, 0.6) is 0 Å². The number of anilines is 2. The molecular formula is C29H30F6N6O6. The van der Waals surface area contributed by atoms with Gasteiger partial charge in [-0.1, -0.05) is 12.1 Å². The van der Waals surface area contributed by atoms with Crippen LogP contribution in [0.1, 0.15) is 19.8 Å². The van der Waals surface area contributed by atoms with Crippen LogP contribution in [-0.2, 0) is 9.59 Å². The Kier molecular flexibility index (Phi) is 12.1. The van der Waals surface area contributed by atoms with Gasteiger partial charge >= 0.3 is 24.0 Å². The Bertz CT molecular complexity index is 1610. The van der Waals surface area contributed by atoms with E-state index in [2.05, 4.69) is 25.2 Å². The number of aliphatic hydroxyl groups excluding tert-OH is 1. The largest absolute Gasteiger partial charge is 0.490 e. The minimum Gasteiger partial charge on any atom is -0.477 e. The maximum Gasteiger partial charge on any atom is 0.490 e. The molecule has 0 amide bonds. The lowest BCUT2D eigenvalue weighted by molar-refractivity contribution is -0.192. The van der Waals surface area contributed by atoms with Gasteiger partial charge in [0.15, 0.2) is 0 Å². The standard InChI is InChI=1S/C24H25FN6O2.C3H4F2O2.C2HF3O2/c25-17-4-1-15(2-5-17)20-21-23(31-11-7-18(32)8-12-31)29-14-30-24(21)33-22(20)16-3-6-19(28-13-16)27-10-9-26;1-3(4,5)2(6)7;3-2(4,5)1(6)7/h1-6,13-14,18,32H,7-12,26H2,(H,27,28);1H3,(H,6,7);(H,6,7). The van der Waals surface area contributed by atoms with Gasteiger partial charge in [-0.25, -0.2) is 28.9 Å². The number of nitrogens with two attached hydrogens (primary N) is 1. The van der Waals surface area contributed by atoms with Crippen LogP contribution in [0.4, 0.5) is 38.0 Å². The van der Waals surface area contributed by atoms with Gasteiger partial charge in [-0.15, -0.1) is 0 Å². The summed E-state index contributed by atoms with van der Waals surface area (Å²) in [5.41, 5.74) is 8.36. The highest BCUT2D eigenvalue weighted by molar-refractivity contribution is 6.06. The van der Waals surface area contributed by atoms with E-state index in [-0.39, 0.29) is 11.9 Å². The summed E-state index contributed by atoms with van der Waals surface area (Å²) in [6, 6.07) is 10.1. The van der Waals surface area contributed by atoms with Gasteiger partial charge in [-0.2, -0.15) is 22.0 Å². The molecule has 0 unspecified atom stereocenters. The smallest absolute Gasteiger partial charge is 0.477 e.